The van der Waals surface area contributed by atoms with Crippen molar-refractivity contribution in [1.82, 2.24) is 4.98 Å². The number of ether oxygens (including phenoxy) is 1. The van der Waals surface area contributed by atoms with Crippen molar-refractivity contribution < 1.29 is 9.66 Å². The summed E-state index contributed by atoms with van der Waals surface area (Å²) >= 11 is 0. The van der Waals surface area contributed by atoms with Crippen LogP contribution in [0, 0.1) is 30.9 Å². The molecule has 0 saturated heterocycles. The minimum absolute atomic E-state index is 0.0153. The minimum Gasteiger partial charge on any atom is -0.439 e. The SMILES string of the molecule is Cc1ccccc1-c1ccc(Oc2cc(C)c([N+](=O)[O-])cn2)cc1C. The molecule has 3 rings (SSSR count). The molecule has 0 aliphatic rings. The maximum atomic E-state index is 10.9. The van der Waals surface area contributed by atoms with Crippen molar-refractivity contribution in [2.24, 2.45) is 0 Å². The zero-order valence-corrected chi connectivity index (χ0v) is 14.3. The molecule has 0 bridgehead atoms. The molecule has 0 N–H and O–H groups in total. The summed E-state index contributed by atoms with van der Waals surface area (Å²) in [7, 11) is 0. The van der Waals surface area contributed by atoms with Crippen LogP contribution in [-0.4, -0.2) is 9.91 Å². The Hall–Kier alpha value is -3.21. The average molecular weight is 334 g/mol. The van der Waals surface area contributed by atoms with Gasteiger partial charge in [-0.3, -0.25) is 10.1 Å². The molecule has 2 aromatic carbocycles. The van der Waals surface area contributed by atoms with E-state index in [4.69, 9.17) is 4.74 Å². The van der Waals surface area contributed by atoms with Gasteiger partial charge in [0.1, 0.15) is 11.9 Å². The number of rotatable bonds is 4. The average Bonchev–Trinajstić information content (AvgIpc) is 2.56. The maximum absolute atomic E-state index is 10.9. The Morgan fingerprint density at radius 3 is 2.28 bits per heavy atom. The summed E-state index contributed by atoms with van der Waals surface area (Å²) < 4.78 is 5.76. The lowest BCUT2D eigenvalue weighted by Gasteiger charge is -2.12. The molecule has 0 amide bonds. The van der Waals surface area contributed by atoms with Crippen LogP contribution in [0.1, 0.15) is 16.7 Å². The van der Waals surface area contributed by atoms with Gasteiger partial charge in [-0.2, -0.15) is 0 Å². The molecule has 1 aromatic heterocycles. The van der Waals surface area contributed by atoms with Gasteiger partial charge in [-0.05, 0) is 55.2 Å². The number of pyridine rings is 1. The van der Waals surface area contributed by atoms with Crippen LogP contribution in [0.15, 0.2) is 54.7 Å². The smallest absolute Gasteiger partial charge is 0.290 e. The molecule has 0 radical (unpaired) electrons. The lowest BCUT2D eigenvalue weighted by Crippen LogP contribution is -1.95. The first-order valence-corrected chi connectivity index (χ1v) is 7.91. The number of hydrogen-bond acceptors (Lipinski definition) is 4. The second kappa shape index (κ2) is 6.73. The zero-order valence-electron chi connectivity index (χ0n) is 14.3. The molecule has 5 nitrogen and oxygen atoms in total. The Morgan fingerprint density at radius 2 is 1.64 bits per heavy atom. The largest absolute Gasteiger partial charge is 0.439 e. The fraction of sp³-hybridized carbons (Fsp3) is 0.150. The van der Waals surface area contributed by atoms with Crippen LogP contribution in [0.2, 0.25) is 0 Å². The van der Waals surface area contributed by atoms with Crippen molar-refractivity contribution >= 4 is 5.69 Å². The number of nitro groups is 1. The van der Waals surface area contributed by atoms with E-state index in [1.54, 1.807) is 13.0 Å². The fourth-order valence-electron chi connectivity index (χ4n) is 2.77. The lowest BCUT2D eigenvalue weighted by atomic mass is 9.97. The zero-order chi connectivity index (χ0) is 18.0. The molecule has 0 atom stereocenters. The molecule has 5 heteroatoms. The standard InChI is InChI=1S/C20H18N2O3/c1-13-6-4-5-7-17(13)18-9-8-16(10-14(18)2)25-20-11-15(3)19(12-21-20)22(23)24/h4-12H,1-3H3. The van der Waals surface area contributed by atoms with Crippen molar-refractivity contribution in [2.75, 3.05) is 0 Å². The van der Waals surface area contributed by atoms with Gasteiger partial charge in [-0.15, -0.1) is 0 Å². The topological polar surface area (TPSA) is 65.3 Å². The Kier molecular flexibility index (Phi) is 4.48. The van der Waals surface area contributed by atoms with E-state index in [9.17, 15) is 10.1 Å². The van der Waals surface area contributed by atoms with E-state index in [-0.39, 0.29) is 5.69 Å². The third-order valence-corrected chi connectivity index (χ3v) is 4.11. The Bertz CT molecular complexity index is 951. The monoisotopic (exact) mass is 334 g/mol. The van der Waals surface area contributed by atoms with Gasteiger partial charge in [0, 0.05) is 11.6 Å². The van der Waals surface area contributed by atoms with Crippen LogP contribution in [0.5, 0.6) is 11.6 Å². The van der Waals surface area contributed by atoms with Crippen LogP contribution in [0.3, 0.4) is 0 Å². The lowest BCUT2D eigenvalue weighted by molar-refractivity contribution is -0.385. The summed E-state index contributed by atoms with van der Waals surface area (Å²) in [6.45, 7) is 5.78. The summed E-state index contributed by atoms with van der Waals surface area (Å²) in [5.41, 5.74) is 5.15. The summed E-state index contributed by atoms with van der Waals surface area (Å²) in [6.07, 6.45) is 1.22. The quantitative estimate of drug-likeness (QED) is 0.475. The predicted molar refractivity (Wildman–Crippen MR) is 97.1 cm³/mol. The highest BCUT2D eigenvalue weighted by Gasteiger charge is 2.13. The normalized spacial score (nSPS) is 10.5. The van der Waals surface area contributed by atoms with E-state index in [2.05, 4.69) is 24.0 Å². The molecule has 0 aliphatic carbocycles. The molecule has 0 fully saturated rings. The van der Waals surface area contributed by atoms with Crippen LogP contribution >= 0.6 is 0 Å². The molecule has 0 spiro atoms. The number of hydrogen-bond donors (Lipinski definition) is 0. The molecule has 0 unspecified atom stereocenters. The first-order valence-electron chi connectivity index (χ1n) is 7.91. The highest BCUT2D eigenvalue weighted by atomic mass is 16.6. The van der Waals surface area contributed by atoms with Crippen molar-refractivity contribution in [3.05, 3.63) is 81.5 Å². The second-order valence-corrected chi connectivity index (χ2v) is 5.96. The Balaban J connectivity index is 1.88. The third-order valence-electron chi connectivity index (χ3n) is 4.11. The van der Waals surface area contributed by atoms with Crippen molar-refractivity contribution in [3.63, 3.8) is 0 Å². The molecular weight excluding hydrogens is 316 g/mol. The summed E-state index contributed by atoms with van der Waals surface area (Å²) in [5, 5.41) is 10.9. The van der Waals surface area contributed by atoms with Gasteiger partial charge in [0.15, 0.2) is 0 Å². The number of benzene rings is 2. The van der Waals surface area contributed by atoms with Gasteiger partial charge in [0.2, 0.25) is 5.88 Å². The van der Waals surface area contributed by atoms with Gasteiger partial charge < -0.3 is 4.74 Å². The van der Waals surface area contributed by atoms with Gasteiger partial charge in [-0.25, -0.2) is 4.98 Å². The number of aromatic nitrogens is 1. The first-order chi connectivity index (χ1) is 12.0. The van der Waals surface area contributed by atoms with Gasteiger partial charge in [0.25, 0.3) is 5.69 Å². The summed E-state index contributed by atoms with van der Waals surface area (Å²) in [4.78, 5) is 14.4. The van der Waals surface area contributed by atoms with Gasteiger partial charge in [0.05, 0.1) is 4.92 Å². The maximum Gasteiger partial charge on any atom is 0.290 e. The molecule has 0 aliphatic heterocycles. The molecule has 25 heavy (non-hydrogen) atoms. The first kappa shape index (κ1) is 16.6. The van der Waals surface area contributed by atoms with E-state index in [1.165, 1.54) is 17.3 Å². The minimum atomic E-state index is -0.451. The van der Waals surface area contributed by atoms with E-state index >= 15 is 0 Å². The van der Waals surface area contributed by atoms with Crippen LogP contribution in [0.25, 0.3) is 11.1 Å². The third kappa shape index (κ3) is 3.50. The van der Waals surface area contributed by atoms with Crippen LogP contribution in [-0.2, 0) is 0 Å². The van der Waals surface area contributed by atoms with Crippen LogP contribution < -0.4 is 4.74 Å². The Labute approximate surface area is 146 Å². The molecule has 1 heterocycles. The van der Waals surface area contributed by atoms with Crippen LogP contribution in [0.4, 0.5) is 5.69 Å². The summed E-state index contributed by atoms with van der Waals surface area (Å²) in [6, 6.07) is 15.6. The molecular formula is C20H18N2O3. The molecule has 126 valence electrons. The van der Waals surface area contributed by atoms with E-state index < -0.39 is 4.92 Å². The fourth-order valence-corrected chi connectivity index (χ4v) is 2.77. The molecule has 3 aromatic rings. The van der Waals surface area contributed by atoms with Crippen molar-refractivity contribution in [2.45, 2.75) is 20.8 Å². The highest BCUT2D eigenvalue weighted by molar-refractivity contribution is 5.71. The van der Waals surface area contributed by atoms with Crippen molar-refractivity contribution in [1.29, 1.82) is 0 Å². The second-order valence-electron chi connectivity index (χ2n) is 5.96. The van der Waals surface area contributed by atoms with E-state index in [0.717, 1.165) is 11.1 Å². The number of aryl methyl sites for hydroxylation is 3. The summed E-state index contributed by atoms with van der Waals surface area (Å²) in [5.74, 6) is 0.988. The van der Waals surface area contributed by atoms with Gasteiger partial charge in [-0.1, -0.05) is 30.3 Å². The van der Waals surface area contributed by atoms with Gasteiger partial charge >= 0.3 is 0 Å². The highest BCUT2D eigenvalue weighted by Crippen LogP contribution is 2.31. The van der Waals surface area contributed by atoms with Crippen molar-refractivity contribution in [3.8, 4) is 22.8 Å². The van der Waals surface area contributed by atoms with E-state index in [1.807, 2.05) is 37.3 Å². The Morgan fingerprint density at radius 1 is 0.920 bits per heavy atom. The molecule has 0 saturated carbocycles. The number of nitrogens with zero attached hydrogens (tertiary/aromatic N) is 2. The predicted octanol–water partition coefficient (Wildman–Crippen LogP) is 5.37. The van der Waals surface area contributed by atoms with E-state index in [0.29, 0.717) is 17.2 Å².